The van der Waals surface area contributed by atoms with Crippen molar-refractivity contribution >= 4 is 76.0 Å². The van der Waals surface area contributed by atoms with Crippen LogP contribution in [0.1, 0.15) is 40.0 Å². The molecule has 0 radical (unpaired) electrons. The van der Waals surface area contributed by atoms with Gasteiger partial charge in [0.1, 0.15) is 3.64 Å². The van der Waals surface area contributed by atoms with Crippen LogP contribution in [0.4, 0.5) is 0 Å². The summed E-state index contributed by atoms with van der Waals surface area (Å²) in [5, 5.41) is 0. The summed E-state index contributed by atoms with van der Waals surface area (Å²) < 4.78 is 49.7. The second kappa shape index (κ2) is 22.5. The molecule has 38 heavy (non-hydrogen) atoms. The standard InChI is InChI=1S/C21H51O9PS4Si3/c1-10-28-36(22-4,23-5)19-13-16-33-31(32,34-17-14-20-37(24-6,25-7)29-11-2)35-18-15-21-38(26-8,27-9)30-12-3/h10-21H2,1-9H3. The van der Waals surface area contributed by atoms with E-state index in [9.17, 15) is 0 Å². The van der Waals surface area contributed by atoms with E-state index in [1.54, 1.807) is 42.7 Å². The predicted octanol–water partition coefficient (Wildman–Crippen LogP) is 6.39. The highest BCUT2D eigenvalue weighted by atomic mass is 33.5. The topological polar surface area (TPSA) is 83.1 Å². The lowest BCUT2D eigenvalue weighted by Gasteiger charge is -2.27. The van der Waals surface area contributed by atoms with Gasteiger partial charge in [-0.2, -0.15) is 0 Å². The Balaban J connectivity index is 5.13. The monoisotopic (exact) mass is 690 g/mol. The summed E-state index contributed by atoms with van der Waals surface area (Å²) in [6.45, 7) is 7.64. The maximum absolute atomic E-state index is 6.30. The fraction of sp³-hybridized carbons (Fsp3) is 1.00. The van der Waals surface area contributed by atoms with Crippen molar-refractivity contribution < 1.29 is 39.8 Å². The second-order valence-electron chi connectivity index (χ2n) is 7.83. The molecule has 230 valence electrons. The fourth-order valence-electron chi connectivity index (χ4n) is 3.60. The fourth-order valence-corrected chi connectivity index (χ4v) is 24.0. The molecular formula is C21H51O9PS4Si3. The van der Waals surface area contributed by atoms with E-state index in [-0.39, 0.29) is 0 Å². The number of rotatable bonds is 27. The van der Waals surface area contributed by atoms with Crippen molar-refractivity contribution in [3.05, 3.63) is 0 Å². The van der Waals surface area contributed by atoms with Crippen LogP contribution in [-0.2, 0) is 51.6 Å². The van der Waals surface area contributed by atoms with E-state index in [0.29, 0.717) is 19.8 Å². The molecular weight excluding hydrogens is 640 g/mol. The van der Waals surface area contributed by atoms with Crippen molar-refractivity contribution in [1.82, 2.24) is 0 Å². The molecule has 0 unspecified atom stereocenters. The Bertz CT molecular complexity index is 554. The van der Waals surface area contributed by atoms with Crippen LogP contribution < -0.4 is 0 Å². The van der Waals surface area contributed by atoms with Gasteiger partial charge in [0.25, 0.3) is 0 Å². The Morgan fingerprint density at radius 2 is 0.737 bits per heavy atom. The largest absolute Gasteiger partial charge is 0.500 e. The van der Waals surface area contributed by atoms with Crippen LogP contribution in [0.3, 0.4) is 0 Å². The molecule has 0 aliphatic carbocycles. The molecule has 0 fully saturated rings. The lowest BCUT2D eigenvalue weighted by Crippen LogP contribution is -2.43. The minimum absolute atomic E-state index is 0.579. The van der Waals surface area contributed by atoms with E-state index < -0.39 is 30.1 Å². The predicted molar refractivity (Wildman–Crippen MR) is 174 cm³/mol. The molecule has 0 heterocycles. The van der Waals surface area contributed by atoms with Gasteiger partial charge in [-0.15, -0.1) is 34.1 Å². The van der Waals surface area contributed by atoms with Crippen molar-refractivity contribution in [1.29, 1.82) is 0 Å². The van der Waals surface area contributed by atoms with Gasteiger partial charge in [0.05, 0.1) is 0 Å². The zero-order chi connectivity index (χ0) is 29.0. The lowest BCUT2D eigenvalue weighted by molar-refractivity contribution is 0.103. The smallest absolute Gasteiger partial charge is 0.377 e. The molecule has 0 saturated heterocycles. The van der Waals surface area contributed by atoms with Crippen LogP contribution in [-0.4, -0.2) is 106 Å². The molecule has 0 aromatic rings. The summed E-state index contributed by atoms with van der Waals surface area (Å²) in [5.41, 5.74) is 0. The zero-order valence-electron chi connectivity index (χ0n) is 24.7. The Morgan fingerprint density at radius 3 is 0.921 bits per heavy atom. The van der Waals surface area contributed by atoms with Crippen LogP contribution in [0.15, 0.2) is 0 Å². The summed E-state index contributed by atoms with van der Waals surface area (Å²) >= 11 is 12.0. The molecule has 17 heteroatoms. The molecule has 0 amide bonds. The lowest BCUT2D eigenvalue weighted by atomic mass is 10.6. The normalized spacial score (nSPS) is 13.4. The van der Waals surface area contributed by atoms with E-state index in [2.05, 4.69) is 0 Å². The first-order valence-electron chi connectivity index (χ1n) is 12.9. The highest BCUT2D eigenvalue weighted by Gasteiger charge is 2.40. The van der Waals surface area contributed by atoms with Gasteiger partial charge in [-0.05, 0) is 57.3 Å². The van der Waals surface area contributed by atoms with Gasteiger partial charge < -0.3 is 39.8 Å². The maximum Gasteiger partial charge on any atom is 0.500 e. The van der Waals surface area contributed by atoms with E-state index in [0.717, 1.165) is 54.7 Å². The average Bonchev–Trinajstić information content (AvgIpc) is 2.94. The highest BCUT2D eigenvalue weighted by Crippen LogP contribution is 2.78. The van der Waals surface area contributed by atoms with Crippen molar-refractivity contribution in [2.24, 2.45) is 0 Å². The third kappa shape index (κ3) is 14.9. The van der Waals surface area contributed by atoms with E-state index >= 15 is 0 Å². The van der Waals surface area contributed by atoms with Crippen molar-refractivity contribution in [2.45, 2.75) is 58.2 Å². The van der Waals surface area contributed by atoms with Crippen LogP contribution in [0.25, 0.3) is 0 Å². The summed E-state index contributed by atoms with van der Waals surface area (Å²) in [6, 6.07) is 2.33. The van der Waals surface area contributed by atoms with E-state index in [4.69, 9.17) is 51.6 Å². The Labute approximate surface area is 252 Å². The van der Waals surface area contributed by atoms with E-state index in [1.807, 2.05) is 54.9 Å². The van der Waals surface area contributed by atoms with Gasteiger partial charge in [0, 0.05) is 80.6 Å². The molecule has 0 saturated carbocycles. The van der Waals surface area contributed by atoms with Gasteiger partial charge >= 0.3 is 26.4 Å². The summed E-state index contributed by atoms with van der Waals surface area (Å²) in [6.07, 6.45) is 2.79. The van der Waals surface area contributed by atoms with Crippen LogP contribution >= 0.6 is 37.8 Å². The summed E-state index contributed by atoms with van der Waals surface area (Å²) in [7, 11) is 2.24. The Kier molecular flexibility index (Phi) is 23.7. The molecule has 0 aliphatic rings. The minimum Gasteiger partial charge on any atom is -0.377 e. The second-order valence-corrected chi connectivity index (χ2v) is 32.7. The third-order valence-corrected chi connectivity index (χ3v) is 29.8. The third-order valence-electron chi connectivity index (χ3n) is 5.59. The summed E-state index contributed by atoms with van der Waals surface area (Å²) in [5.74, 6) is 2.81. The van der Waals surface area contributed by atoms with Crippen LogP contribution in [0.2, 0.25) is 18.1 Å². The highest BCUT2D eigenvalue weighted by molar-refractivity contribution is 9.23. The first-order chi connectivity index (χ1) is 18.2. The molecule has 0 bridgehead atoms. The SMILES string of the molecule is CCO[Si](CCCSP(=S)(SCCC[Si](OC)(OC)OCC)SCCC[Si](OC)(OC)OCC)(OC)OC. The minimum atomic E-state index is -2.60. The molecule has 9 nitrogen and oxygen atoms in total. The molecule has 0 rings (SSSR count). The molecule has 0 atom stereocenters. The van der Waals surface area contributed by atoms with Gasteiger partial charge in [-0.25, -0.2) is 0 Å². The molecule has 0 spiro atoms. The van der Waals surface area contributed by atoms with Gasteiger partial charge in [0.2, 0.25) is 0 Å². The van der Waals surface area contributed by atoms with Crippen LogP contribution in [0, 0.1) is 0 Å². The Hall–Kier alpha value is 1.99. The van der Waals surface area contributed by atoms with Gasteiger partial charge in [0.15, 0.2) is 0 Å². The quantitative estimate of drug-likeness (QED) is 0.0543. The Morgan fingerprint density at radius 1 is 0.500 bits per heavy atom. The van der Waals surface area contributed by atoms with Crippen molar-refractivity contribution in [3.63, 3.8) is 0 Å². The average molecular weight is 691 g/mol. The number of hydrogen-bond donors (Lipinski definition) is 0. The van der Waals surface area contributed by atoms with Crippen molar-refractivity contribution in [2.75, 3.05) is 79.7 Å². The summed E-state index contributed by atoms with van der Waals surface area (Å²) in [4.78, 5) is 0. The van der Waals surface area contributed by atoms with Gasteiger partial charge in [-0.1, -0.05) is 11.8 Å². The maximum atomic E-state index is 6.30. The van der Waals surface area contributed by atoms with Crippen LogP contribution in [0.5, 0.6) is 0 Å². The molecule has 0 N–H and O–H groups in total. The van der Waals surface area contributed by atoms with Gasteiger partial charge in [-0.3, -0.25) is 0 Å². The zero-order valence-corrected chi connectivity index (χ0v) is 31.9. The number of hydrogen-bond acceptors (Lipinski definition) is 13. The molecule has 0 aliphatic heterocycles. The van der Waals surface area contributed by atoms with E-state index in [1.165, 1.54) is 0 Å². The molecule has 0 aromatic heterocycles. The van der Waals surface area contributed by atoms with Crippen molar-refractivity contribution in [3.8, 4) is 0 Å². The first kappa shape index (κ1) is 40.0. The molecule has 0 aromatic carbocycles. The first-order valence-corrected chi connectivity index (χ1v) is 26.3.